The molecule has 6 heteroatoms. The summed E-state index contributed by atoms with van der Waals surface area (Å²) >= 11 is 0. The van der Waals surface area contributed by atoms with Crippen molar-refractivity contribution in [2.24, 2.45) is 0 Å². The third-order valence-corrected chi connectivity index (χ3v) is 2.50. The molecule has 1 aliphatic rings. The van der Waals surface area contributed by atoms with Crippen LogP contribution in [0.1, 0.15) is 0 Å². The molecule has 0 spiro atoms. The summed E-state index contributed by atoms with van der Waals surface area (Å²) in [5.41, 5.74) is 6.32. The van der Waals surface area contributed by atoms with E-state index in [0.717, 1.165) is 16.7 Å². The van der Waals surface area contributed by atoms with E-state index in [2.05, 4.69) is 20.3 Å². The minimum Gasteiger partial charge on any atom is -0.377 e. The lowest BCUT2D eigenvalue weighted by atomic mass is 10.2. The van der Waals surface area contributed by atoms with Gasteiger partial charge in [0.15, 0.2) is 5.82 Å². The Kier molecular flexibility index (Phi) is 2.07. The largest absolute Gasteiger partial charge is 0.377 e. The number of anilines is 2. The van der Waals surface area contributed by atoms with Gasteiger partial charge in [-0.1, -0.05) is 0 Å². The Morgan fingerprint density at radius 1 is 1.38 bits per heavy atom. The lowest BCUT2D eigenvalue weighted by Gasteiger charge is -2.27. The molecule has 0 radical (unpaired) electrons. The van der Waals surface area contributed by atoms with Gasteiger partial charge in [-0.2, -0.15) is 0 Å². The predicted octanol–water partition coefficient (Wildman–Crippen LogP) is 0.418. The molecule has 3 heterocycles. The van der Waals surface area contributed by atoms with Gasteiger partial charge in [-0.05, 0) is 6.07 Å². The third kappa shape index (κ3) is 1.53. The minimum absolute atomic E-state index is 0.258. The highest BCUT2D eigenvalue weighted by molar-refractivity contribution is 5.88. The first-order valence-corrected chi connectivity index (χ1v) is 5.04. The number of nitrogens with one attached hydrogen (secondary N) is 1. The Bertz CT molecular complexity index is 526. The molecule has 1 fully saturated rings. The standard InChI is InChI=1S/C10H11N5O/c11-10-13-3-6-1-2-12-9(8(6)15-10)14-7-4-16-5-7/h1-3,7H,4-5H2,(H,12,14)(H2,11,13,15). The van der Waals surface area contributed by atoms with Crippen LogP contribution in [0.4, 0.5) is 11.8 Å². The number of rotatable bonds is 2. The van der Waals surface area contributed by atoms with E-state index in [0.29, 0.717) is 19.3 Å². The van der Waals surface area contributed by atoms with Gasteiger partial charge in [0.1, 0.15) is 5.52 Å². The highest BCUT2D eigenvalue weighted by atomic mass is 16.5. The zero-order chi connectivity index (χ0) is 11.0. The SMILES string of the molecule is Nc1ncc2ccnc(NC3COC3)c2n1. The average molecular weight is 217 g/mol. The van der Waals surface area contributed by atoms with Gasteiger partial charge < -0.3 is 15.8 Å². The fourth-order valence-corrected chi connectivity index (χ4v) is 1.59. The molecule has 0 aromatic carbocycles. The molecular weight excluding hydrogens is 206 g/mol. The number of nitrogen functional groups attached to an aromatic ring is 1. The molecule has 3 rings (SSSR count). The number of fused-ring (bicyclic) bond motifs is 1. The van der Waals surface area contributed by atoms with Crippen molar-refractivity contribution >= 4 is 22.7 Å². The summed E-state index contributed by atoms with van der Waals surface area (Å²) < 4.78 is 5.10. The third-order valence-electron chi connectivity index (χ3n) is 2.50. The fourth-order valence-electron chi connectivity index (χ4n) is 1.59. The second-order valence-corrected chi connectivity index (χ2v) is 3.70. The average Bonchev–Trinajstić information content (AvgIpc) is 2.23. The van der Waals surface area contributed by atoms with E-state index in [4.69, 9.17) is 10.5 Å². The number of aromatic nitrogens is 3. The Balaban J connectivity index is 2.04. The van der Waals surface area contributed by atoms with Gasteiger partial charge in [-0.25, -0.2) is 15.0 Å². The molecule has 6 nitrogen and oxygen atoms in total. The van der Waals surface area contributed by atoms with Crippen LogP contribution in [0.5, 0.6) is 0 Å². The highest BCUT2D eigenvalue weighted by Gasteiger charge is 2.19. The second-order valence-electron chi connectivity index (χ2n) is 3.70. The Morgan fingerprint density at radius 3 is 3.00 bits per heavy atom. The van der Waals surface area contributed by atoms with Gasteiger partial charge >= 0.3 is 0 Å². The van der Waals surface area contributed by atoms with E-state index in [1.54, 1.807) is 12.4 Å². The van der Waals surface area contributed by atoms with Crippen molar-refractivity contribution < 1.29 is 4.74 Å². The summed E-state index contributed by atoms with van der Waals surface area (Å²) in [7, 11) is 0. The quantitative estimate of drug-likeness (QED) is 0.758. The van der Waals surface area contributed by atoms with Crippen LogP contribution >= 0.6 is 0 Å². The summed E-state index contributed by atoms with van der Waals surface area (Å²) in [6.45, 7) is 1.41. The van der Waals surface area contributed by atoms with Crippen LogP contribution < -0.4 is 11.1 Å². The lowest BCUT2D eigenvalue weighted by molar-refractivity contribution is 0.0210. The molecule has 0 bridgehead atoms. The van der Waals surface area contributed by atoms with E-state index < -0.39 is 0 Å². The molecule has 0 unspecified atom stereocenters. The van der Waals surface area contributed by atoms with E-state index >= 15 is 0 Å². The summed E-state index contributed by atoms with van der Waals surface area (Å²) in [6.07, 6.45) is 3.42. The zero-order valence-corrected chi connectivity index (χ0v) is 8.55. The Labute approximate surface area is 91.9 Å². The molecule has 1 aliphatic heterocycles. The van der Waals surface area contributed by atoms with Crippen LogP contribution in [0.2, 0.25) is 0 Å². The molecule has 16 heavy (non-hydrogen) atoms. The van der Waals surface area contributed by atoms with Gasteiger partial charge in [0.2, 0.25) is 5.95 Å². The number of nitrogens with two attached hydrogens (primary N) is 1. The molecule has 0 atom stereocenters. The van der Waals surface area contributed by atoms with Crippen LogP contribution in [0.3, 0.4) is 0 Å². The summed E-state index contributed by atoms with van der Waals surface area (Å²) in [5, 5.41) is 4.19. The van der Waals surface area contributed by atoms with Crippen LogP contribution in [-0.4, -0.2) is 34.2 Å². The van der Waals surface area contributed by atoms with Crippen LogP contribution in [0.15, 0.2) is 18.5 Å². The molecular formula is C10H11N5O. The second kappa shape index (κ2) is 3.57. The number of hydrogen-bond acceptors (Lipinski definition) is 6. The van der Waals surface area contributed by atoms with Crippen molar-refractivity contribution in [3.05, 3.63) is 18.5 Å². The molecule has 2 aromatic heterocycles. The zero-order valence-electron chi connectivity index (χ0n) is 8.55. The molecule has 3 N–H and O–H groups in total. The van der Waals surface area contributed by atoms with Crippen LogP contribution in [0.25, 0.3) is 10.9 Å². The van der Waals surface area contributed by atoms with Crippen molar-refractivity contribution in [1.82, 2.24) is 15.0 Å². The molecule has 0 aliphatic carbocycles. The van der Waals surface area contributed by atoms with Gasteiger partial charge in [0.25, 0.3) is 0 Å². The smallest absolute Gasteiger partial charge is 0.220 e. The topological polar surface area (TPSA) is 86.0 Å². The first-order valence-electron chi connectivity index (χ1n) is 5.04. The highest BCUT2D eigenvalue weighted by Crippen LogP contribution is 2.20. The first-order chi connectivity index (χ1) is 7.83. The van der Waals surface area contributed by atoms with E-state index in [1.807, 2.05) is 6.07 Å². The minimum atomic E-state index is 0.258. The first kappa shape index (κ1) is 9.29. The van der Waals surface area contributed by atoms with E-state index in [1.165, 1.54) is 0 Å². The molecule has 0 amide bonds. The molecule has 82 valence electrons. The van der Waals surface area contributed by atoms with Gasteiger partial charge in [0.05, 0.1) is 19.3 Å². The maximum Gasteiger partial charge on any atom is 0.220 e. The predicted molar refractivity (Wildman–Crippen MR) is 60.0 cm³/mol. The normalized spacial score (nSPS) is 16.0. The molecule has 2 aromatic rings. The van der Waals surface area contributed by atoms with Crippen molar-refractivity contribution in [3.63, 3.8) is 0 Å². The van der Waals surface area contributed by atoms with Crippen LogP contribution in [0, 0.1) is 0 Å². The maximum atomic E-state index is 5.57. The van der Waals surface area contributed by atoms with Crippen molar-refractivity contribution in [2.75, 3.05) is 24.3 Å². The van der Waals surface area contributed by atoms with Gasteiger partial charge in [-0.15, -0.1) is 0 Å². The van der Waals surface area contributed by atoms with E-state index in [9.17, 15) is 0 Å². The molecule has 1 saturated heterocycles. The summed E-state index contributed by atoms with van der Waals surface area (Å²) in [4.78, 5) is 12.4. The van der Waals surface area contributed by atoms with Crippen molar-refractivity contribution in [1.29, 1.82) is 0 Å². The van der Waals surface area contributed by atoms with Crippen molar-refractivity contribution in [3.8, 4) is 0 Å². The number of ether oxygens (including phenoxy) is 1. The summed E-state index contributed by atoms with van der Waals surface area (Å²) in [5.74, 6) is 0.994. The number of nitrogens with zero attached hydrogens (tertiary/aromatic N) is 3. The Morgan fingerprint density at radius 2 is 2.25 bits per heavy atom. The fraction of sp³-hybridized carbons (Fsp3) is 0.300. The van der Waals surface area contributed by atoms with Gasteiger partial charge in [0, 0.05) is 17.8 Å². The number of hydrogen-bond donors (Lipinski definition) is 2. The lowest BCUT2D eigenvalue weighted by Crippen LogP contribution is -2.40. The van der Waals surface area contributed by atoms with Crippen molar-refractivity contribution in [2.45, 2.75) is 6.04 Å². The van der Waals surface area contributed by atoms with Crippen LogP contribution in [-0.2, 0) is 4.74 Å². The van der Waals surface area contributed by atoms with Gasteiger partial charge in [-0.3, -0.25) is 0 Å². The Hall–Kier alpha value is -1.95. The summed E-state index contributed by atoms with van der Waals surface area (Å²) in [6, 6.07) is 2.17. The molecule has 0 saturated carbocycles. The maximum absolute atomic E-state index is 5.57. The monoisotopic (exact) mass is 217 g/mol. The number of pyridine rings is 1. The van der Waals surface area contributed by atoms with E-state index in [-0.39, 0.29) is 5.95 Å².